The molecular formula is C13H22N2S. The molecule has 0 radical (unpaired) electrons. The average Bonchev–Trinajstić information content (AvgIpc) is 2.81. The number of nitrogens with zero attached hydrogens (tertiary/aromatic N) is 1. The molecule has 1 aliphatic heterocycles. The molecule has 2 unspecified atom stereocenters. The second kappa shape index (κ2) is 5.80. The number of hydrogen-bond acceptors (Lipinski definition) is 3. The quantitative estimate of drug-likeness (QED) is 0.871. The predicted octanol–water partition coefficient (Wildman–Crippen LogP) is 2.21. The topological polar surface area (TPSA) is 29.3 Å². The molecule has 2 heterocycles. The van der Waals surface area contributed by atoms with Crippen LogP contribution in [0.3, 0.4) is 0 Å². The summed E-state index contributed by atoms with van der Waals surface area (Å²) in [6.45, 7) is 6.83. The summed E-state index contributed by atoms with van der Waals surface area (Å²) in [5.41, 5.74) is 5.82. The van der Waals surface area contributed by atoms with Gasteiger partial charge in [0, 0.05) is 18.0 Å². The molecule has 1 fully saturated rings. The highest BCUT2D eigenvalue weighted by atomic mass is 32.1. The van der Waals surface area contributed by atoms with Gasteiger partial charge >= 0.3 is 0 Å². The first-order valence-corrected chi connectivity index (χ1v) is 7.12. The van der Waals surface area contributed by atoms with Crippen molar-refractivity contribution in [2.24, 2.45) is 17.6 Å². The van der Waals surface area contributed by atoms with E-state index >= 15 is 0 Å². The molecule has 0 saturated carbocycles. The van der Waals surface area contributed by atoms with E-state index < -0.39 is 0 Å². The van der Waals surface area contributed by atoms with Gasteiger partial charge in [-0.05, 0) is 49.2 Å². The molecule has 2 atom stereocenters. The van der Waals surface area contributed by atoms with E-state index in [1.807, 2.05) is 11.3 Å². The summed E-state index contributed by atoms with van der Waals surface area (Å²) in [7, 11) is 0. The normalized spacial score (nSPS) is 27.1. The Kier molecular flexibility index (Phi) is 4.38. The van der Waals surface area contributed by atoms with Gasteiger partial charge in [-0.2, -0.15) is 0 Å². The Bertz CT molecular complexity index is 297. The number of likely N-dealkylation sites (tertiary alicyclic amines) is 1. The van der Waals surface area contributed by atoms with Crippen molar-refractivity contribution in [1.29, 1.82) is 0 Å². The van der Waals surface area contributed by atoms with E-state index in [4.69, 9.17) is 5.73 Å². The number of nitrogens with two attached hydrogens (primary N) is 1. The monoisotopic (exact) mass is 238 g/mol. The summed E-state index contributed by atoms with van der Waals surface area (Å²) in [4.78, 5) is 4.08. The third-order valence-electron chi connectivity index (χ3n) is 3.76. The summed E-state index contributed by atoms with van der Waals surface area (Å²) < 4.78 is 0. The molecule has 1 saturated heterocycles. The van der Waals surface area contributed by atoms with Gasteiger partial charge in [0.15, 0.2) is 0 Å². The Morgan fingerprint density at radius 2 is 2.44 bits per heavy atom. The molecule has 3 heteroatoms. The van der Waals surface area contributed by atoms with Crippen LogP contribution in [0.4, 0.5) is 0 Å². The maximum absolute atomic E-state index is 5.82. The van der Waals surface area contributed by atoms with Crippen molar-refractivity contribution in [3.05, 3.63) is 22.4 Å². The van der Waals surface area contributed by atoms with Gasteiger partial charge in [-0.3, -0.25) is 0 Å². The fourth-order valence-electron chi connectivity index (χ4n) is 2.46. The molecule has 0 spiro atoms. The molecule has 16 heavy (non-hydrogen) atoms. The zero-order valence-corrected chi connectivity index (χ0v) is 10.9. The second-order valence-corrected chi connectivity index (χ2v) is 5.92. The fraction of sp³-hybridized carbons (Fsp3) is 0.692. The van der Waals surface area contributed by atoms with Crippen molar-refractivity contribution < 1.29 is 0 Å². The standard InChI is InChI=1S/C13H22N2S/c1-11-4-6-15(10-12(11)9-14)7-5-13-3-2-8-16-13/h2-3,8,11-12H,4-7,9-10,14H2,1H3. The number of piperidine rings is 1. The van der Waals surface area contributed by atoms with E-state index in [9.17, 15) is 0 Å². The first-order valence-electron chi connectivity index (χ1n) is 6.24. The maximum atomic E-state index is 5.82. The van der Waals surface area contributed by atoms with Crippen LogP contribution in [0.5, 0.6) is 0 Å². The molecular weight excluding hydrogens is 216 g/mol. The van der Waals surface area contributed by atoms with Crippen molar-refractivity contribution in [2.45, 2.75) is 19.8 Å². The lowest BCUT2D eigenvalue weighted by atomic mass is 9.87. The minimum Gasteiger partial charge on any atom is -0.330 e. The van der Waals surface area contributed by atoms with Crippen LogP contribution in [0, 0.1) is 11.8 Å². The van der Waals surface area contributed by atoms with Crippen LogP contribution in [0.15, 0.2) is 17.5 Å². The van der Waals surface area contributed by atoms with Gasteiger partial charge in [0.05, 0.1) is 0 Å². The Labute approximate surface area is 102 Å². The molecule has 2 nitrogen and oxygen atoms in total. The van der Waals surface area contributed by atoms with Crippen molar-refractivity contribution in [1.82, 2.24) is 4.90 Å². The van der Waals surface area contributed by atoms with E-state index in [1.54, 1.807) is 0 Å². The summed E-state index contributed by atoms with van der Waals surface area (Å²) in [5, 5.41) is 2.16. The third kappa shape index (κ3) is 3.06. The third-order valence-corrected chi connectivity index (χ3v) is 4.69. The largest absolute Gasteiger partial charge is 0.330 e. The molecule has 90 valence electrons. The Balaban J connectivity index is 1.78. The second-order valence-electron chi connectivity index (χ2n) is 4.89. The van der Waals surface area contributed by atoms with E-state index in [0.717, 1.165) is 12.5 Å². The number of hydrogen-bond donors (Lipinski definition) is 1. The van der Waals surface area contributed by atoms with Gasteiger partial charge in [-0.25, -0.2) is 0 Å². The highest BCUT2D eigenvalue weighted by Crippen LogP contribution is 2.22. The SMILES string of the molecule is CC1CCN(CCc2cccs2)CC1CN. The highest BCUT2D eigenvalue weighted by molar-refractivity contribution is 7.09. The Morgan fingerprint density at radius 3 is 3.12 bits per heavy atom. The Morgan fingerprint density at radius 1 is 1.56 bits per heavy atom. The molecule has 1 aromatic rings. The van der Waals surface area contributed by atoms with Gasteiger partial charge in [0.25, 0.3) is 0 Å². The van der Waals surface area contributed by atoms with E-state index in [1.165, 1.54) is 37.4 Å². The predicted molar refractivity (Wildman–Crippen MR) is 70.8 cm³/mol. The minimum absolute atomic E-state index is 0.706. The van der Waals surface area contributed by atoms with Crippen molar-refractivity contribution in [3.8, 4) is 0 Å². The van der Waals surface area contributed by atoms with Gasteiger partial charge in [0.2, 0.25) is 0 Å². The smallest absolute Gasteiger partial charge is 0.00579 e. The van der Waals surface area contributed by atoms with Crippen LogP contribution in [0.25, 0.3) is 0 Å². The highest BCUT2D eigenvalue weighted by Gasteiger charge is 2.24. The first kappa shape index (κ1) is 12.1. The molecule has 1 aliphatic rings. The molecule has 0 aliphatic carbocycles. The molecule has 1 aromatic heterocycles. The number of rotatable bonds is 4. The van der Waals surface area contributed by atoms with Gasteiger partial charge in [0.1, 0.15) is 0 Å². The van der Waals surface area contributed by atoms with Crippen LogP contribution in [-0.4, -0.2) is 31.1 Å². The molecule has 2 N–H and O–H groups in total. The lowest BCUT2D eigenvalue weighted by molar-refractivity contribution is 0.134. The summed E-state index contributed by atoms with van der Waals surface area (Å²) >= 11 is 1.87. The lowest BCUT2D eigenvalue weighted by Crippen LogP contribution is -2.43. The molecule has 0 bridgehead atoms. The molecule has 2 rings (SSSR count). The van der Waals surface area contributed by atoms with E-state index in [2.05, 4.69) is 29.3 Å². The summed E-state index contributed by atoms with van der Waals surface area (Å²) in [6.07, 6.45) is 2.51. The van der Waals surface area contributed by atoms with Gasteiger partial charge in [-0.1, -0.05) is 13.0 Å². The summed E-state index contributed by atoms with van der Waals surface area (Å²) in [5.74, 6) is 1.51. The first-order chi connectivity index (χ1) is 7.79. The van der Waals surface area contributed by atoms with Crippen molar-refractivity contribution in [3.63, 3.8) is 0 Å². The fourth-order valence-corrected chi connectivity index (χ4v) is 3.16. The van der Waals surface area contributed by atoms with Crippen LogP contribution in [-0.2, 0) is 6.42 Å². The maximum Gasteiger partial charge on any atom is 0.00579 e. The van der Waals surface area contributed by atoms with Gasteiger partial charge in [-0.15, -0.1) is 11.3 Å². The van der Waals surface area contributed by atoms with Crippen molar-refractivity contribution >= 4 is 11.3 Å². The average molecular weight is 238 g/mol. The van der Waals surface area contributed by atoms with Gasteiger partial charge < -0.3 is 10.6 Å². The lowest BCUT2D eigenvalue weighted by Gasteiger charge is -2.36. The zero-order valence-electron chi connectivity index (χ0n) is 10.1. The van der Waals surface area contributed by atoms with Crippen LogP contribution < -0.4 is 5.73 Å². The summed E-state index contributed by atoms with van der Waals surface area (Å²) in [6, 6.07) is 4.37. The van der Waals surface area contributed by atoms with Crippen LogP contribution >= 0.6 is 11.3 Å². The number of thiophene rings is 1. The van der Waals surface area contributed by atoms with E-state index in [-0.39, 0.29) is 0 Å². The van der Waals surface area contributed by atoms with Crippen molar-refractivity contribution in [2.75, 3.05) is 26.2 Å². The molecule has 0 amide bonds. The minimum atomic E-state index is 0.706. The van der Waals surface area contributed by atoms with E-state index in [0.29, 0.717) is 5.92 Å². The Hall–Kier alpha value is -0.380. The van der Waals surface area contributed by atoms with Crippen LogP contribution in [0.1, 0.15) is 18.2 Å². The molecule has 0 aromatic carbocycles. The zero-order chi connectivity index (χ0) is 11.4. The van der Waals surface area contributed by atoms with Crippen LogP contribution in [0.2, 0.25) is 0 Å².